The molecule has 0 unspecified atom stereocenters. The number of ether oxygens (including phenoxy) is 2. The minimum Gasteiger partial charge on any atom is -0.497 e. The molecule has 2 amide bonds. The third kappa shape index (κ3) is 7.67. The maximum absolute atomic E-state index is 14.3. The summed E-state index contributed by atoms with van der Waals surface area (Å²) in [6.07, 6.45) is 0.250. The maximum atomic E-state index is 14.3. The molecule has 0 saturated heterocycles. The van der Waals surface area contributed by atoms with Crippen LogP contribution in [0.3, 0.4) is 0 Å². The van der Waals surface area contributed by atoms with Crippen LogP contribution >= 0.6 is 23.2 Å². The Morgan fingerprint density at radius 1 is 0.929 bits per heavy atom. The summed E-state index contributed by atoms with van der Waals surface area (Å²) in [5.74, 6) is -0.482. The van der Waals surface area contributed by atoms with E-state index in [2.05, 4.69) is 5.32 Å². The van der Waals surface area contributed by atoms with Gasteiger partial charge in [0.2, 0.25) is 11.8 Å². The number of benzene rings is 3. The van der Waals surface area contributed by atoms with Crippen LogP contribution in [0.4, 0.5) is 5.69 Å². The number of nitrogens with one attached hydrogen (secondary N) is 1. The number of rotatable bonds is 13. The van der Waals surface area contributed by atoms with Gasteiger partial charge in [-0.1, -0.05) is 54.4 Å². The highest BCUT2D eigenvalue weighted by molar-refractivity contribution is 7.92. The lowest BCUT2D eigenvalue weighted by Gasteiger charge is -2.34. The van der Waals surface area contributed by atoms with E-state index in [-0.39, 0.29) is 41.2 Å². The number of sulfonamides is 1. The molecule has 12 heteroatoms. The molecule has 0 aliphatic rings. The highest BCUT2D eigenvalue weighted by Gasteiger charge is 2.35. The van der Waals surface area contributed by atoms with Crippen LogP contribution < -0.4 is 19.1 Å². The van der Waals surface area contributed by atoms with Gasteiger partial charge in [0.15, 0.2) is 0 Å². The molecule has 9 nitrogen and oxygen atoms in total. The number of carbonyl (C=O) groups is 2. The number of methoxy groups -OCH3 is 2. The molecule has 0 aliphatic carbocycles. The molecule has 0 heterocycles. The fraction of sp³-hybridized carbons (Fsp3) is 0.333. The maximum Gasteiger partial charge on any atom is 0.264 e. The predicted molar refractivity (Wildman–Crippen MR) is 165 cm³/mol. The summed E-state index contributed by atoms with van der Waals surface area (Å²) in [5.41, 5.74) is 0.519. The topological polar surface area (TPSA) is 105 Å². The molecule has 1 atom stereocenters. The molecule has 3 aromatic carbocycles. The Bertz CT molecular complexity index is 1480. The van der Waals surface area contributed by atoms with Gasteiger partial charge in [0, 0.05) is 34.3 Å². The molecular weight excluding hydrogens is 601 g/mol. The number of hydrogen-bond acceptors (Lipinski definition) is 6. The van der Waals surface area contributed by atoms with Crippen LogP contribution in [-0.4, -0.2) is 58.0 Å². The summed E-state index contributed by atoms with van der Waals surface area (Å²) >= 11 is 12.9. The zero-order chi connectivity index (χ0) is 31.0. The van der Waals surface area contributed by atoms with E-state index in [0.717, 1.165) is 4.31 Å². The second kappa shape index (κ2) is 14.6. The van der Waals surface area contributed by atoms with Crippen LogP contribution in [0.15, 0.2) is 71.6 Å². The van der Waals surface area contributed by atoms with Crippen molar-refractivity contribution in [3.8, 4) is 11.5 Å². The Morgan fingerprint density at radius 2 is 1.57 bits per heavy atom. The Labute approximate surface area is 257 Å². The summed E-state index contributed by atoms with van der Waals surface area (Å²) < 4.78 is 40.0. The summed E-state index contributed by atoms with van der Waals surface area (Å²) in [5, 5.41) is 3.47. The van der Waals surface area contributed by atoms with Crippen LogP contribution in [0.5, 0.6) is 11.5 Å². The number of amides is 2. The molecule has 0 radical (unpaired) electrons. The molecule has 0 aromatic heterocycles. The number of carbonyl (C=O) groups excluding carboxylic acids is 2. The molecule has 0 aliphatic heterocycles. The smallest absolute Gasteiger partial charge is 0.264 e. The van der Waals surface area contributed by atoms with Crippen molar-refractivity contribution in [1.29, 1.82) is 0 Å². The van der Waals surface area contributed by atoms with Crippen molar-refractivity contribution in [2.75, 3.05) is 25.1 Å². The van der Waals surface area contributed by atoms with Crippen LogP contribution in [0.1, 0.15) is 32.8 Å². The van der Waals surface area contributed by atoms with Gasteiger partial charge in [-0.25, -0.2) is 8.42 Å². The van der Waals surface area contributed by atoms with E-state index < -0.39 is 28.5 Å². The lowest BCUT2D eigenvalue weighted by atomic mass is 10.1. The Hall–Kier alpha value is -3.47. The molecule has 0 saturated carbocycles. The van der Waals surface area contributed by atoms with Gasteiger partial charge in [0.25, 0.3) is 10.0 Å². The van der Waals surface area contributed by atoms with Crippen LogP contribution in [-0.2, 0) is 26.2 Å². The van der Waals surface area contributed by atoms with Crippen LogP contribution in [0.25, 0.3) is 0 Å². The molecule has 0 spiro atoms. The van der Waals surface area contributed by atoms with E-state index in [0.29, 0.717) is 21.4 Å². The summed E-state index contributed by atoms with van der Waals surface area (Å²) in [6.45, 7) is 4.60. The van der Waals surface area contributed by atoms with Gasteiger partial charge in [-0.05, 0) is 56.7 Å². The SMILES string of the molecule is CC[C@@H](C(=O)NC(C)C)N(Cc1c(Cl)cccc1Cl)C(=O)CN(c1cc(OC)ccc1OC)S(=O)(=O)c1ccccc1. The average Bonchev–Trinajstić information content (AvgIpc) is 2.96. The van der Waals surface area contributed by atoms with Crippen molar-refractivity contribution in [3.05, 3.63) is 82.3 Å². The molecule has 3 rings (SSSR count). The van der Waals surface area contributed by atoms with Crippen LogP contribution in [0, 0.1) is 0 Å². The standard InChI is InChI=1S/C30H35Cl2N3O6S/c1-6-26(30(37)33-20(2)3)34(18-23-24(31)13-10-14-25(23)32)29(36)19-35(42(38,39)22-11-8-7-9-12-22)27-17-21(40-4)15-16-28(27)41-5/h7-17,20,26H,6,18-19H2,1-5H3,(H,33,37)/t26-/m0/s1. The van der Waals surface area contributed by atoms with Crippen molar-refractivity contribution >= 4 is 50.7 Å². The Balaban J connectivity index is 2.18. The van der Waals surface area contributed by atoms with E-state index in [9.17, 15) is 18.0 Å². The molecule has 226 valence electrons. The van der Waals surface area contributed by atoms with Crippen molar-refractivity contribution in [3.63, 3.8) is 0 Å². The Morgan fingerprint density at radius 3 is 2.12 bits per heavy atom. The second-order valence-electron chi connectivity index (χ2n) is 9.67. The van der Waals surface area contributed by atoms with E-state index in [1.807, 2.05) is 13.8 Å². The fourth-order valence-electron chi connectivity index (χ4n) is 4.38. The van der Waals surface area contributed by atoms with Gasteiger partial charge in [-0.15, -0.1) is 0 Å². The molecule has 1 N–H and O–H groups in total. The van der Waals surface area contributed by atoms with Crippen LogP contribution in [0.2, 0.25) is 10.0 Å². The quantitative estimate of drug-likeness (QED) is 0.264. The first-order valence-corrected chi connectivity index (χ1v) is 15.5. The van der Waals surface area contributed by atoms with Gasteiger partial charge >= 0.3 is 0 Å². The van der Waals surface area contributed by atoms with Gasteiger partial charge in [0.1, 0.15) is 24.1 Å². The summed E-state index contributed by atoms with van der Waals surface area (Å²) in [6, 6.07) is 16.2. The average molecular weight is 637 g/mol. The van der Waals surface area contributed by atoms with Gasteiger partial charge in [-0.3, -0.25) is 13.9 Å². The van der Waals surface area contributed by atoms with Crippen molar-refractivity contribution < 1.29 is 27.5 Å². The molecule has 0 bridgehead atoms. The predicted octanol–water partition coefficient (Wildman–Crippen LogP) is 5.54. The highest BCUT2D eigenvalue weighted by Crippen LogP contribution is 2.36. The van der Waals surface area contributed by atoms with Gasteiger partial charge < -0.3 is 19.7 Å². The minimum absolute atomic E-state index is 0.0343. The normalized spacial score (nSPS) is 12.0. The van der Waals surface area contributed by atoms with E-state index in [1.165, 1.54) is 37.3 Å². The van der Waals surface area contributed by atoms with Crippen molar-refractivity contribution in [2.45, 2.75) is 50.7 Å². The lowest BCUT2D eigenvalue weighted by molar-refractivity contribution is -0.140. The van der Waals surface area contributed by atoms with Crippen molar-refractivity contribution in [1.82, 2.24) is 10.2 Å². The summed E-state index contributed by atoms with van der Waals surface area (Å²) in [4.78, 5) is 28.8. The van der Waals surface area contributed by atoms with E-state index in [1.54, 1.807) is 55.5 Å². The highest BCUT2D eigenvalue weighted by atomic mass is 35.5. The largest absolute Gasteiger partial charge is 0.497 e. The number of halogens is 2. The first kappa shape index (κ1) is 33.0. The molecule has 3 aromatic rings. The first-order chi connectivity index (χ1) is 19.9. The zero-order valence-corrected chi connectivity index (χ0v) is 26.5. The molecular formula is C30H35Cl2N3O6S. The minimum atomic E-state index is -4.30. The van der Waals surface area contributed by atoms with E-state index in [4.69, 9.17) is 32.7 Å². The second-order valence-corrected chi connectivity index (χ2v) is 12.3. The fourth-order valence-corrected chi connectivity index (χ4v) is 6.33. The third-order valence-electron chi connectivity index (χ3n) is 6.47. The number of nitrogens with zero attached hydrogens (tertiary/aromatic N) is 2. The number of hydrogen-bond donors (Lipinski definition) is 1. The van der Waals surface area contributed by atoms with Gasteiger partial charge in [-0.2, -0.15) is 0 Å². The van der Waals surface area contributed by atoms with Crippen molar-refractivity contribution in [2.24, 2.45) is 0 Å². The van der Waals surface area contributed by atoms with Gasteiger partial charge in [0.05, 0.1) is 24.8 Å². The zero-order valence-electron chi connectivity index (χ0n) is 24.1. The molecule has 42 heavy (non-hydrogen) atoms. The first-order valence-electron chi connectivity index (χ1n) is 13.3. The monoisotopic (exact) mass is 635 g/mol. The lowest BCUT2D eigenvalue weighted by Crippen LogP contribution is -2.53. The number of anilines is 1. The summed E-state index contributed by atoms with van der Waals surface area (Å²) in [7, 11) is -1.46. The third-order valence-corrected chi connectivity index (χ3v) is 8.95. The Kier molecular flexibility index (Phi) is 11.5. The molecule has 0 fully saturated rings. The van der Waals surface area contributed by atoms with E-state index >= 15 is 0 Å².